The molecule has 0 radical (unpaired) electrons. The second-order valence-corrected chi connectivity index (χ2v) is 8.90. The van der Waals surface area contributed by atoms with E-state index in [2.05, 4.69) is 39.1 Å². The molecule has 0 amide bonds. The van der Waals surface area contributed by atoms with Crippen LogP contribution in [0.25, 0.3) is 0 Å². The van der Waals surface area contributed by atoms with Crippen LogP contribution in [0.2, 0.25) is 0 Å². The predicted octanol–water partition coefficient (Wildman–Crippen LogP) is 4.16. The average Bonchev–Trinajstić information content (AvgIpc) is 2.84. The van der Waals surface area contributed by atoms with Crippen LogP contribution in [0.3, 0.4) is 0 Å². The molecule has 3 saturated heterocycles. The summed E-state index contributed by atoms with van der Waals surface area (Å²) in [7, 11) is 0. The summed E-state index contributed by atoms with van der Waals surface area (Å²) in [6, 6.07) is 12.1. The van der Waals surface area contributed by atoms with Gasteiger partial charge in [0, 0.05) is 44.0 Å². The zero-order chi connectivity index (χ0) is 23.4. The van der Waals surface area contributed by atoms with E-state index in [1.807, 2.05) is 19.1 Å². The molecule has 2 bridgehead atoms. The van der Waals surface area contributed by atoms with Crippen molar-refractivity contribution >= 4 is 22.7 Å². The molecule has 2 aromatic rings. The predicted molar refractivity (Wildman–Crippen MR) is 127 cm³/mol. The number of nitrogens with zero attached hydrogens (tertiary/aromatic N) is 7. The molecule has 9 nitrogen and oxygen atoms in total. The van der Waals surface area contributed by atoms with Gasteiger partial charge < -0.3 is 9.38 Å². The van der Waals surface area contributed by atoms with E-state index in [-0.39, 0.29) is 11.3 Å². The number of likely N-dealkylation sites (N-methyl/N-ethyl adjacent to an activating group) is 1. The van der Waals surface area contributed by atoms with Crippen molar-refractivity contribution in [2.75, 3.05) is 63.8 Å². The van der Waals surface area contributed by atoms with Crippen LogP contribution in [0.4, 0.5) is 22.7 Å². The Labute approximate surface area is 194 Å². The van der Waals surface area contributed by atoms with E-state index in [1.165, 1.54) is 74.2 Å². The van der Waals surface area contributed by atoms with Gasteiger partial charge in [0.15, 0.2) is 0 Å². The van der Waals surface area contributed by atoms with Crippen LogP contribution in [-0.2, 0) is 0 Å². The van der Waals surface area contributed by atoms with Crippen LogP contribution in [0, 0.1) is 28.4 Å². The SMILES string of the molecule is CCN(CC[N+]12CCN(CC1)CC2)c1ccc(/N=N/c2ccc([N+](=O)[O-])cc2C#N)c(C)c1. The van der Waals surface area contributed by atoms with Crippen molar-refractivity contribution < 1.29 is 9.41 Å². The molecule has 3 fully saturated rings. The highest BCUT2D eigenvalue weighted by Gasteiger charge is 2.38. The third-order valence-electron chi connectivity index (χ3n) is 7.02. The first-order chi connectivity index (χ1) is 15.9. The Morgan fingerprint density at radius 1 is 1.12 bits per heavy atom. The summed E-state index contributed by atoms with van der Waals surface area (Å²) < 4.78 is 1.24. The van der Waals surface area contributed by atoms with Crippen molar-refractivity contribution in [1.29, 1.82) is 5.26 Å². The number of rotatable bonds is 8. The summed E-state index contributed by atoms with van der Waals surface area (Å²) in [6.45, 7) is 14.8. The van der Waals surface area contributed by atoms with Gasteiger partial charge >= 0.3 is 0 Å². The van der Waals surface area contributed by atoms with Crippen molar-refractivity contribution in [3.05, 3.63) is 57.6 Å². The number of quaternary nitrogens is 1. The second-order valence-electron chi connectivity index (χ2n) is 8.90. The Morgan fingerprint density at radius 2 is 1.79 bits per heavy atom. The zero-order valence-electron chi connectivity index (χ0n) is 19.3. The number of anilines is 1. The van der Waals surface area contributed by atoms with Gasteiger partial charge in [0.1, 0.15) is 11.8 Å². The molecule has 0 unspecified atom stereocenters. The molecule has 3 aliphatic rings. The number of fused-ring (bicyclic) bond motifs is 3. The van der Waals surface area contributed by atoms with Crippen LogP contribution in [0.15, 0.2) is 46.6 Å². The van der Waals surface area contributed by atoms with Gasteiger partial charge in [-0.1, -0.05) is 0 Å². The Hall–Kier alpha value is -3.35. The largest absolute Gasteiger partial charge is 0.366 e. The molecule has 9 heteroatoms. The van der Waals surface area contributed by atoms with Crippen LogP contribution < -0.4 is 4.90 Å². The molecule has 0 atom stereocenters. The maximum atomic E-state index is 10.9. The quantitative estimate of drug-likeness (QED) is 0.261. The molecular formula is C24H30N7O2+. The number of hydrogen-bond acceptors (Lipinski definition) is 7. The molecule has 0 aromatic heterocycles. The molecule has 0 aliphatic carbocycles. The molecule has 5 rings (SSSR count). The van der Waals surface area contributed by atoms with E-state index in [1.54, 1.807) is 0 Å². The Morgan fingerprint density at radius 3 is 2.39 bits per heavy atom. The lowest BCUT2D eigenvalue weighted by atomic mass is 10.1. The van der Waals surface area contributed by atoms with Crippen molar-refractivity contribution in [2.45, 2.75) is 13.8 Å². The fourth-order valence-electron chi connectivity index (χ4n) is 4.74. The second kappa shape index (κ2) is 9.65. The lowest BCUT2D eigenvalue weighted by molar-refractivity contribution is -0.939. The fraction of sp³-hybridized carbons (Fsp3) is 0.458. The lowest BCUT2D eigenvalue weighted by Gasteiger charge is -2.51. The summed E-state index contributed by atoms with van der Waals surface area (Å²) in [5.74, 6) is 0. The van der Waals surface area contributed by atoms with Crippen molar-refractivity contribution in [2.24, 2.45) is 10.2 Å². The lowest BCUT2D eigenvalue weighted by Crippen LogP contribution is -2.68. The number of azo groups is 1. The highest BCUT2D eigenvalue weighted by atomic mass is 16.6. The summed E-state index contributed by atoms with van der Waals surface area (Å²) in [4.78, 5) is 15.4. The number of nitriles is 1. The monoisotopic (exact) mass is 448 g/mol. The number of non-ortho nitro benzene ring substituents is 1. The van der Waals surface area contributed by atoms with E-state index in [9.17, 15) is 15.4 Å². The van der Waals surface area contributed by atoms with Crippen molar-refractivity contribution in [3.8, 4) is 6.07 Å². The molecule has 3 aliphatic heterocycles. The van der Waals surface area contributed by atoms with Crippen LogP contribution in [0.1, 0.15) is 18.1 Å². The number of piperazine rings is 3. The van der Waals surface area contributed by atoms with E-state index >= 15 is 0 Å². The molecule has 33 heavy (non-hydrogen) atoms. The summed E-state index contributed by atoms with van der Waals surface area (Å²) in [5.41, 5.74) is 3.20. The molecule has 0 saturated carbocycles. The van der Waals surface area contributed by atoms with Crippen LogP contribution in [0.5, 0.6) is 0 Å². The number of hydrogen-bond donors (Lipinski definition) is 0. The van der Waals surface area contributed by atoms with Crippen molar-refractivity contribution in [3.63, 3.8) is 0 Å². The maximum Gasteiger partial charge on any atom is 0.270 e. The fourth-order valence-corrected chi connectivity index (χ4v) is 4.74. The van der Waals surface area contributed by atoms with Gasteiger partial charge in [0.05, 0.1) is 48.9 Å². The minimum atomic E-state index is -0.528. The Kier molecular flexibility index (Phi) is 6.67. The first-order valence-corrected chi connectivity index (χ1v) is 11.5. The Balaban J connectivity index is 1.46. The average molecular weight is 449 g/mol. The Bertz CT molecular complexity index is 1090. The zero-order valence-corrected chi connectivity index (χ0v) is 19.3. The summed E-state index contributed by atoms with van der Waals surface area (Å²) in [6.07, 6.45) is 0. The van der Waals surface area contributed by atoms with Gasteiger partial charge in [-0.15, -0.1) is 5.11 Å². The highest BCUT2D eigenvalue weighted by Crippen LogP contribution is 2.29. The van der Waals surface area contributed by atoms with E-state index in [4.69, 9.17) is 0 Å². The minimum Gasteiger partial charge on any atom is -0.366 e. The van der Waals surface area contributed by atoms with E-state index in [0.717, 1.165) is 18.7 Å². The van der Waals surface area contributed by atoms with Gasteiger partial charge in [-0.05, 0) is 43.7 Å². The number of aryl methyl sites for hydroxylation is 1. The highest BCUT2D eigenvalue weighted by molar-refractivity contribution is 5.60. The molecular weight excluding hydrogens is 418 g/mol. The van der Waals surface area contributed by atoms with E-state index in [0.29, 0.717) is 11.4 Å². The third-order valence-corrected chi connectivity index (χ3v) is 7.02. The van der Waals surface area contributed by atoms with Gasteiger partial charge in [-0.3, -0.25) is 15.0 Å². The standard InChI is InChI=1S/C24H30N7O2/c1-3-29(11-15-31-12-8-28(9-13-31)10-14-31)21-4-6-23(19(2)16-21)26-27-24-7-5-22(30(32)33)17-20(24)18-25/h4-7,16-17H,3,8-15H2,1-2H3/q+1/b27-26+. The van der Waals surface area contributed by atoms with Crippen LogP contribution in [-0.4, -0.2) is 73.2 Å². The normalized spacial score (nSPS) is 21.8. The topological polar surface area (TPSA) is 98.1 Å². The summed E-state index contributed by atoms with van der Waals surface area (Å²) in [5, 5.41) is 28.7. The van der Waals surface area contributed by atoms with Gasteiger partial charge in [-0.25, -0.2) is 0 Å². The van der Waals surface area contributed by atoms with Crippen LogP contribution >= 0.6 is 0 Å². The maximum absolute atomic E-state index is 10.9. The van der Waals surface area contributed by atoms with Gasteiger partial charge in [0.25, 0.3) is 5.69 Å². The minimum absolute atomic E-state index is 0.130. The van der Waals surface area contributed by atoms with Gasteiger partial charge in [0.2, 0.25) is 0 Å². The first kappa shape index (κ1) is 22.8. The number of benzene rings is 2. The van der Waals surface area contributed by atoms with Crippen molar-refractivity contribution in [1.82, 2.24) is 4.90 Å². The molecule has 0 spiro atoms. The summed E-state index contributed by atoms with van der Waals surface area (Å²) >= 11 is 0. The first-order valence-electron chi connectivity index (χ1n) is 11.5. The van der Waals surface area contributed by atoms with Gasteiger partial charge in [-0.2, -0.15) is 10.4 Å². The molecule has 172 valence electrons. The molecule has 0 N–H and O–H groups in total. The molecule has 3 heterocycles. The number of nitro benzene ring substituents is 1. The number of nitro groups is 1. The van der Waals surface area contributed by atoms with E-state index < -0.39 is 4.92 Å². The third kappa shape index (κ3) is 5.02. The molecule has 2 aromatic carbocycles. The smallest absolute Gasteiger partial charge is 0.270 e.